The first-order valence-electron chi connectivity index (χ1n) is 9.01. The van der Waals surface area contributed by atoms with Crippen molar-refractivity contribution in [2.45, 2.75) is 18.7 Å². The van der Waals surface area contributed by atoms with Crippen molar-refractivity contribution < 1.29 is 17.9 Å². The molecule has 0 unspecified atom stereocenters. The summed E-state index contributed by atoms with van der Waals surface area (Å²) in [6, 6.07) is 20.6. The van der Waals surface area contributed by atoms with Gasteiger partial charge in [0.05, 0.1) is 10.6 Å². The predicted octanol–water partition coefficient (Wildman–Crippen LogP) is 4.12. The molecule has 0 aliphatic rings. The van der Waals surface area contributed by atoms with E-state index in [0.29, 0.717) is 17.1 Å². The van der Waals surface area contributed by atoms with Crippen LogP contribution in [0.3, 0.4) is 0 Å². The predicted molar refractivity (Wildman–Crippen MR) is 114 cm³/mol. The molecule has 0 heterocycles. The number of hydrogen-bond acceptors (Lipinski definition) is 4. The number of anilines is 2. The van der Waals surface area contributed by atoms with E-state index in [-0.39, 0.29) is 17.4 Å². The molecule has 0 atom stereocenters. The highest BCUT2D eigenvalue weighted by atomic mass is 32.2. The maximum absolute atomic E-state index is 12.6. The van der Waals surface area contributed by atoms with Crippen LogP contribution in [-0.4, -0.2) is 20.9 Å². The van der Waals surface area contributed by atoms with Crippen LogP contribution in [-0.2, 0) is 14.8 Å². The number of hydrogen-bond donors (Lipinski definition) is 2. The van der Waals surface area contributed by atoms with E-state index in [9.17, 15) is 13.2 Å². The average Bonchev–Trinajstić information content (AvgIpc) is 2.70. The Labute approximate surface area is 170 Å². The topological polar surface area (TPSA) is 84.5 Å². The van der Waals surface area contributed by atoms with Gasteiger partial charge in [-0.05, 0) is 67.4 Å². The lowest BCUT2D eigenvalue weighted by Crippen LogP contribution is -2.20. The lowest BCUT2D eigenvalue weighted by atomic mass is 10.1. The van der Waals surface area contributed by atoms with Crippen molar-refractivity contribution in [3.63, 3.8) is 0 Å². The minimum atomic E-state index is -3.73. The van der Waals surface area contributed by atoms with Crippen molar-refractivity contribution in [1.82, 2.24) is 0 Å². The van der Waals surface area contributed by atoms with Gasteiger partial charge < -0.3 is 10.1 Å². The minimum Gasteiger partial charge on any atom is -0.484 e. The van der Waals surface area contributed by atoms with Crippen molar-refractivity contribution in [2.75, 3.05) is 16.6 Å². The van der Waals surface area contributed by atoms with Gasteiger partial charge in [0.25, 0.3) is 15.9 Å². The SMILES string of the molecule is Cc1ccc(C)c(NS(=O)(=O)c2ccc(OCC(=O)Nc3ccccc3)cc2)c1. The summed E-state index contributed by atoms with van der Waals surface area (Å²) >= 11 is 0. The summed E-state index contributed by atoms with van der Waals surface area (Å²) in [5, 5.41) is 2.72. The number of para-hydroxylation sites is 1. The Balaban J connectivity index is 1.61. The number of carbonyl (C=O) groups is 1. The van der Waals surface area contributed by atoms with Crippen molar-refractivity contribution in [3.8, 4) is 5.75 Å². The monoisotopic (exact) mass is 410 g/mol. The fourth-order valence-corrected chi connectivity index (χ4v) is 3.75. The highest BCUT2D eigenvalue weighted by molar-refractivity contribution is 7.92. The molecule has 0 radical (unpaired) electrons. The lowest BCUT2D eigenvalue weighted by molar-refractivity contribution is -0.118. The summed E-state index contributed by atoms with van der Waals surface area (Å²) in [6.45, 7) is 3.56. The second-order valence-electron chi connectivity index (χ2n) is 6.60. The van der Waals surface area contributed by atoms with Gasteiger partial charge in [-0.3, -0.25) is 9.52 Å². The number of nitrogens with one attached hydrogen (secondary N) is 2. The smallest absolute Gasteiger partial charge is 0.262 e. The Hall–Kier alpha value is -3.32. The lowest BCUT2D eigenvalue weighted by Gasteiger charge is -2.12. The van der Waals surface area contributed by atoms with Gasteiger partial charge >= 0.3 is 0 Å². The molecule has 0 fully saturated rings. The van der Waals surface area contributed by atoms with E-state index >= 15 is 0 Å². The van der Waals surface area contributed by atoms with Crippen LogP contribution in [0.1, 0.15) is 11.1 Å². The molecular weight excluding hydrogens is 388 g/mol. The standard InChI is InChI=1S/C22H22N2O4S/c1-16-8-9-17(2)21(14-16)24-29(26,27)20-12-10-19(11-13-20)28-15-22(25)23-18-6-4-3-5-7-18/h3-14,24H,15H2,1-2H3,(H,23,25). The van der Waals surface area contributed by atoms with Gasteiger partial charge in [0, 0.05) is 5.69 Å². The van der Waals surface area contributed by atoms with E-state index in [2.05, 4.69) is 10.0 Å². The number of carbonyl (C=O) groups excluding carboxylic acids is 1. The largest absolute Gasteiger partial charge is 0.484 e. The van der Waals surface area contributed by atoms with E-state index in [1.165, 1.54) is 24.3 Å². The van der Waals surface area contributed by atoms with Crippen molar-refractivity contribution >= 4 is 27.3 Å². The van der Waals surface area contributed by atoms with E-state index in [4.69, 9.17) is 4.74 Å². The molecule has 3 rings (SSSR count). The van der Waals surface area contributed by atoms with Crippen LogP contribution in [0.5, 0.6) is 5.75 Å². The summed E-state index contributed by atoms with van der Waals surface area (Å²) < 4.78 is 33.3. The van der Waals surface area contributed by atoms with Crippen LogP contribution in [0.2, 0.25) is 0 Å². The molecule has 0 aliphatic heterocycles. The van der Waals surface area contributed by atoms with Crippen LogP contribution in [0, 0.1) is 13.8 Å². The second kappa shape index (κ2) is 8.79. The van der Waals surface area contributed by atoms with Crippen molar-refractivity contribution in [2.24, 2.45) is 0 Å². The Kier molecular flexibility index (Phi) is 6.19. The van der Waals surface area contributed by atoms with Crippen LogP contribution in [0.25, 0.3) is 0 Å². The summed E-state index contributed by atoms with van der Waals surface area (Å²) in [6.07, 6.45) is 0. The van der Waals surface area contributed by atoms with Gasteiger partial charge in [0.15, 0.2) is 6.61 Å². The van der Waals surface area contributed by atoms with Crippen LogP contribution in [0.15, 0.2) is 77.7 Å². The molecule has 0 saturated heterocycles. The summed E-state index contributed by atoms with van der Waals surface area (Å²) in [5.41, 5.74) is 3.03. The number of sulfonamides is 1. The molecule has 0 bridgehead atoms. The number of benzene rings is 3. The molecule has 1 amide bonds. The number of aryl methyl sites for hydroxylation is 2. The summed E-state index contributed by atoms with van der Waals surface area (Å²) in [4.78, 5) is 12.0. The molecular formula is C22H22N2O4S. The molecule has 0 aliphatic carbocycles. The third kappa shape index (κ3) is 5.58. The Morgan fingerprint density at radius 3 is 2.31 bits per heavy atom. The van der Waals surface area contributed by atoms with Crippen LogP contribution in [0.4, 0.5) is 11.4 Å². The summed E-state index contributed by atoms with van der Waals surface area (Å²) in [5.74, 6) is 0.100. The number of rotatable bonds is 7. The summed E-state index contributed by atoms with van der Waals surface area (Å²) in [7, 11) is -3.73. The van der Waals surface area contributed by atoms with Gasteiger partial charge in [0.1, 0.15) is 5.75 Å². The first-order chi connectivity index (χ1) is 13.8. The number of amides is 1. The highest BCUT2D eigenvalue weighted by Crippen LogP contribution is 2.22. The third-order valence-electron chi connectivity index (χ3n) is 4.20. The average molecular weight is 410 g/mol. The van der Waals surface area contributed by atoms with E-state index in [1.807, 2.05) is 44.2 Å². The zero-order chi connectivity index (χ0) is 20.9. The van der Waals surface area contributed by atoms with Gasteiger partial charge in [-0.1, -0.05) is 30.3 Å². The van der Waals surface area contributed by atoms with Gasteiger partial charge in [0.2, 0.25) is 0 Å². The molecule has 150 valence electrons. The Morgan fingerprint density at radius 1 is 0.931 bits per heavy atom. The van der Waals surface area contributed by atoms with E-state index in [0.717, 1.165) is 11.1 Å². The Bertz CT molecular complexity index is 1100. The molecule has 6 nitrogen and oxygen atoms in total. The zero-order valence-electron chi connectivity index (χ0n) is 16.2. The van der Waals surface area contributed by atoms with E-state index < -0.39 is 10.0 Å². The van der Waals surface area contributed by atoms with Crippen LogP contribution < -0.4 is 14.8 Å². The molecule has 3 aromatic rings. The molecule has 3 aromatic carbocycles. The van der Waals surface area contributed by atoms with Gasteiger partial charge in [-0.25, -0.2) is 8.42 Å². The highest BCUT2D eigenvalue weighted by Gasteiger charge is 2.15. The van der Waals surface area contributed by atoms with Crippen molar-refractivity contribution in [1.29, 1.82) is 0 Å². The van der Waals surface area contributed by atoms with Gasteiger partial charge in [-0.2, -0.15) is 0 Å². The van der Waals surface area contributed by atoms with Gasteiger partial charge in [-0.15, -0.1) is 0 Å². The maximum Gasteiger partial charge on any atom is 0.262 e. The van der Waals surface area contributed by atoms with Crippen LogP contribution >= 0.6 is 0 Å². The fourth-order valence-electron chi connectivity index (χ4n) is 2.63. The molecule has 0 saturated carbocycles. The fraction of sp³-hybridized carbons (Fsp3) is 0.136. The van der Waals surface area contributed by atoms with Crippen molar-refractivity contribution in [3.05, 3.63) is 83.9 Å². The molecule has 2 N–H and O–H groups in total. The number of ether oxygens (including phenoxy) is 1. The molecule has 29 heavy (non-hydrogen) atoms. The maximum atomic E-state index is 12.6. The zero-order valence-corrected chi connectivity index (χ0v) is 17.0. The molecule has 0 aromatic heterocycles. The Morgan fingerprint density at radius 2 is 1.62 bits per heavy atom. The minimum absolute atomic E-state index is 0.111. The molecule has 7 heteroatoms. The second-order valence-corrected chi connectivity index (χ2v) is 8.28. The third-order valence-corrected chi connectivity index (χ3v) is 5.58. The normalized spacial score (nSPS) is 11.0. The van der Waals surface area contributed by atoms with E-state index in [1.54, 1.807) is 18.2 Å². The first kappa shape index (κ1) is 20.4. The molecule has 0 spiro atoms. The first-order valence-corrected chi connectivity index (χ1v) is 10.5. The quantitative estimate of drug-likeness (QED) is 0.614.